The number of rotatable bonds is 18. The number of nitrogens with one attached hydrogen (secondary N) is 1. The fourth-order valence-corrected chi connectivity index (χ4v) is 4.11. The first-order valence-corrected chi connectivity index (χ1v) is 12.6. The predicted octanol–water partition coefficient (Wildman–Crippen LogP) is 3.16. The molecule has 0 saturated carbocycles. The van der Waals surface area contributed by atoms with Gasteiger partial charge >= 0.3 is 0 Å². The van der Waals surface area contributed by atoms with Crippen molar-refractivity contribution < 1.29 is 30.0 Å². The average Bonchev–Trinajstić information content (AvgIpc) is 2.76. The van der Waals surface area contributed by atoms with E-state index in [1.54, 1.807) is 0 Å². The summed E-state index contributed by atoms with van der Waals surface area (Å²) in [5.74, 6) is -0.265. The molecule has 5 atom stereocenters. The summed E-state index contributed by atoms with van der Waals surface area (Å²) in [5, 5.41) is 41.2. The van der Waals surface area contributed by atoms with Crippen LogP contribution in [0.4, 0.5) is 0 Å². The van der Waals surface area contributed by atoms with Crippen LogP contribution < -0.4 is 5.32 Å². The standard InChI is InChI=1S/C24H47NO6/c1-2-3-4-5-6-7-8-9-10-11-12-13-14-15-16-17-20(27)25-24-23(30)22(29)21(28)19(18-26)31-24/h19,21-24,26,28-30H,2-18H2,1H3,(H,25,27)/t19?,21-,22?,23?,24-/m1/s1. The molecule has 0 aromatic carbocycles. The maximum atomic E-state index is 12.1. The van der Waals surface area contributed by atoms with E-state index in [0.717, 1.165) is 19.3 Å². The highest BCUT2D eigenvalue weighted by atomic mass is 16.6. The topological polar surface area (TPSA) is 119 Å². The monoisotopic (exact) mass is 445 g/mol. The van der Waals surface area contributed by atoms with E-state index in [1.165, 1.54) is 77.0 Å². The third kappa shape index (κ3) is 12.2. The molecule has 1 amide bonds. The third-order valence-corrected chi connectivity index (χ3v) is 6.20. The number of hydrogen-bond acceptors (Lipinski definition) is 6. The summed E-state index contributed by atoms with van der Waals surface area (Å²) in [6, 6.07) is 0. The molecule has 0 spiro atoms. The minimum Gasteiger partial charge on any atom is -0.394 e. The van der Waals surface area contributed by atoms with Crippen LogP contribution in [0.1, 0.15) is 110 Å². The summed E-state index contributed by atoms with van der Waals surface area (Å²) in [4.78, 5) is 12.1. The van der Waals surface area contributed by atoms with Crippen molar-refractivity contribution in [3.8, 4) is 0 Å². The van der Waals surface area contributed by atoms with Crippen LogP contribution in [0, 0.1) is 0 Å². The molecule has 1 fully saturated rings. The van der Waals surface area contributed by atoms with Crippen LogP contribution in [-0.2, 0) is 9.53 Å². The van der Waals surface area contributed by atoms with Crippen molar-refractivity contribution in [2.75, 3.05) is 6.61 Å². The molecule has 1 aliphatic heterocycles. The van der Waals surface area contributed by atoms with E-state index in [2.05, 4.69) is 12.2 Å². The first-order chi connectivity index (χ1) is 15.0. The van der Waals surface area contributed by atoms with E-state index in [0.29, 0.717) is 6.42 Å². The Hall–Kier alpha value is -0.730. The van der Waals surface area contributed by atoms with Gasteiger partial charge in [-0.25, -0.2) is 0 Å². The summed E-state index contributed by atoms with van der Waals surface area (Å²) in [7, 11) is 0. The van der Waals surface area contributed by atoms with Gasteiger partial charge in [-0.2, -0.15) is 0 Å². The number of aliphatic hydroxyl groups is 4. The molecule has 0 bridgehead atoms. The molecule has 7 nitrogen and oxygen atoms in total. The minimum atomic E-state index is -1.47. The van der Waals surface area contributed by atoms with Crippen LogP contribution in [0.5, 0.6) is 0 Å². The van der Waals surface area contributed by atoms with Crippen LogP contribution >= 0.6 is 0 Å². The molecular weight excluding hydrogens is 398 g/mol. The van der Waals surface area contributed by atoms with Crippen molar-refractivity contribution in [2.45, 2.75) is 140 Å². The molecule has 3 unspecified atom stereocenters. The van der Waals surface area contributed by atoms with Crippen molar-refractivity contribution >= 4 is 5.91 Å². The van der Waals surface area contributed by atoms with Gasteiger partial charge in [0.2, 0.25) is 5.91 Å². The van der Waals surface area contributed by atoms with Crippen molar-refractivity contribution in [3.63, 3.8) is 0 Å². The number of unbranched alkanes of at least 4 members (excludes halogenated alkanes) is 14. The molecule has 0 aromatic rings. The molecule has 31 heavy (non-hydrogen) atoms. The first-order valence-electron chi connectivity index (χ1n) is 12.6. The van der Waals surface area contributed by atoms with Crippen molar-refractivity contribution in [3.05, 3.63) is 0 Å². The average molecular weight is 446 g/mol. The highest BCUT2D eigenvalue weighted by Gasteiger charge is 2.43. The van der Waals surface area contributed by atoms with Gasteiger partial charge < -0.3 is 30.5 Å². The molecule has 0 aromatic heterocycles. The summed E-state index contributed by atoms with van der Waals surface area (Å²) >= 11 is 0. The smallest absolute Gasteiger partial charge is 0.222 e. The number of aliphatic hydroxyl groups excluding tert-OH is 4. The molecular formula is C24H47NO6. The Bertz CT molecular complexity index is 448. The fraction of sp³-hybridized carbons (Fsp3) is 0.958. The zero-order valence-electron chi connectivity index (χ0n) is 19.5. The van der Waals surface area contributed by atoms with Gasteiger partial charge in [0.1, 0.15) is 24.4 Å². The SMILES string of the molecule is CCCCCCCCCCCCCCCCCC(=O)N[C@@H]1OC(CO)[C@@H](O)C(O)C1O. The van der Waals surface area contributed by atoms with Gasteiger partial charge in [-0.3, -0.25) is 4.79 Å². The normalized spacial score (nSPS) is 26.2. The molecule has 7 heteroatoms. The molecule has 1 heterocycles. The summed E-state index contributed by atoms with van der Waals surface area (Å²) < 4.78 is 5.29. The van der Waals surface area contributed by atoms with Gasteiger partial charge in [0.05, 0.1) is 6.61 Å². The lowest BCUT2D eigenvalue weighted by Crippen LogP contribution is -2.63. The van der Waals surface area contributed by atoms with E-state index in [9.17, 15) is 25.2 Å². The zero-order valence-corrected chi connectivity index (χ0v) is 19.5. The third-order valence-electron chi connectivity index (χ3n) is 6.20. The van der Waals surface area contributed by atoms with Crippen molar-refractivity contribution in [1.82, 2.24) is 5.32 Å². The number of carbonyl (C=O) groups is 1. The second-order valence-corrected chi connectivity index (χ2v) is 9.02. The largest absolute Gasteiger partial charge is 0.394 e. The maximum absolute atomic E-state index is 12.1. The molecule has 1 rings (SSSR count). The van der Waals surface area contributed by atoms with Gasteiger partial charge in [0, 0.05) is 6.42 Å². The molecule has 5 N–H and O–H groups in total. The van der Waals surface area contributed by atoms with Gasteiger partial charge in [0.15, 0.2) is 6.23 Å². The highest BCUT2D eigenvalue weighted by molar-refractivity contribution is 5.76. The number of carbonyl (C=O) groups excluding carboxylic acids is 1. The van der Waals surface area contributed by atoms with E-state index in [4.69, 9.17) is 4.74 Å². The van der Waals surface area contributed by atoms with Crippen LogP contribution in [0.2, 0.25) is 0 Å². The van der Waals surface area contributed by atoms with Gasteiger partial charge in [0.25, 0.3) is 0 Å². The number of amides is 1. The van der Waals surface area contributed by atoms with Gasteiger partial charge in [-0.15, -0.1) is 0 Å². The summed E-state index contributed by atoms with van der Waals surface area (Å²) in [6.45, 7) is 1.75. The zero-order chi connectivity index (χ0) is 22.9. The minimum absolute atomic E-state index is 0.265. The number of hydrogen-bond donors (Lipinski definition) is 5. The van der Waals surface area contributed by atoms with Crippen LogP contribution in [0.15, 0.2) is 0 Å². The Morgan fingerprint density at radius 3 is 1.61 bits per heavy atom. The Morgan fingerprint density at radius 1 is 0.710 bits per heavy atom. The van der Waals surface area contributed by atoms with Crippen molar-refractivity contribution in [1.29, 1.82) is 0 Å². The lowest BCUT2D eigenvalue weighted by Gasteiger charge is -2.40. The van der Waals surface area contributed by atoms with Gasteiger partial charge in [-0.1, -0.05) is 96.8 Å². The van der Waals surface area contributed by atoms with Crippen LogP contribution in [0.25, 0.3) is 0 Å². The molecule has 0 radical (unpaired) electrons. The Morgan fingerprint density at radius 2 is 1.16 bits per heavy atom. The second kappa shape index (κ2) is 17.8. The Kier molecular flexibility index (Phi) is 16.2. The van der Waals surface area contributed by atoms with E-state index < -0.39 is 37.3 Å². The Labute approximate surface area is 188 Å². The van der Waals surface area contributed by atoms with Crippen molar-refractivity contribution in [2.24, 2.45) is 0 Å². The quantitative estimate of drug-likeness (QED) is 0.207. The molecule has 0 aliphatic carbocycles. The van der Waals surface area contributed by atoms with E-state index in [1.807, 2.05) is 0 Å². The summed E-state index contributed by atoms with van der Waals surface area (Å²) in [6.07, 6.45) is 12.8. The lowest BCUT2D eigenvalue weighted by atomic mass is 9.98. The predicted molar refractivity (Wildman–Crippen MR) is 121 cm³/mol. The Balaban J connectivity index is 1.95. The van der Waals surface area contributed by atoms with Crippen LogP contribution in [-0.4, -0.2) is 63.6 Å². The van der Waals surface area contributed by atoms with E-state index in [-0.39, 0.29) is 5.91 Å². The highest BCUT2D eigenvalue weighted by Crippen LogP contribution is 2.20. The molecule has 184 valence electrons. The maximum Gasteiger partial charge on any atom is 0.222 e. The lowest BCUT2D eigenvalue weighted by molar-refractivity contribution is -0.236. The molecule has 1 saturated heterocycles. The first kappa shape index (κ1) is 28.3. The molecule has 1 aliphatic rings. The van der Waals surface area contributed by atoms with E-state index >= 15 is 0 Å². The van der Waals surface area contributed by atoms with Crippen LogP contribution in [0.3, 0.4) is 0 Å². The summed E-state index contributed by atoms with van der Waals surface area (Å²) in [5.41, 5.74) is 0. The van der Waals surface area contributed by atoms with Gasteiger partial charge in [-0.05, 0) is 6.42 Å². The number of ether oxygens (including phenoxy) is 1. The fourth-order valence-electron chi connectivity index (χ4n) is 4.11. The second-order valence-electron chi connectivity index (χ2n) is 9.02.